The Morgan fingerprint density at radius 2 is 2.06 bits per heavy atom. The average Bonchev–Trinajstić information content (AvgIpc) is 2.41. The molecule has 0 saturated heterocycles. The van der Waals surface area contributed by atoms with Gasteiger partial charge < -0.3 is 9.47 Å². The van der Waals surface area contributed by atoms with E-state index in [1.807, 2.05) is 18.2 Å². The first-order chi connectivity index (χ1) is 8.74. The molecular formula is C15H20O3. The number of methoxy groups -OCH3 is 2. The number of hydrogen-bond acceptors (Lipinski definition) is 3. The van der Waals surface area contributed by atoms with Crippen molar-refractivity contribution in [1.29, 1.82) is 0 Å². The maximum atomic E-state index is 11.9. The van der Waals surface area contributed by atoms with Crippen LogP contribution in [0.15, 0.2) is 18.2 Å². The molecule has 3 nitrogen and oxygen atoms in total. The highest BCUT2D eigenvalue weighted by Crippen LogP contribution is 2.30. The van der Waals surface area contributed by atoms with Crippen LogP contribution in [0.2, 0.25) is 0 Å². The van der Waals surface area contributed by atoms with Gasteiger partial charge in [0.1, 0.15) is 17.3 Å². The highest BCUT2D eigenvalue weighted by atomic mass is 16.5. The Kier molecular flexibility index (Phi) is 4.24. The van der Waals surface area contributed by atoms with Gasteiger partial charge in [-0.1, -0.05) is 12.5 Å². The van der Waals surface area contributed by atoms with Crippen LogP contribution < -0.4 is 9.47 Å². The van der Waals surface area contributed by atoms with Gasteiger partial charge in [0.2, 0.25) is 0 Å². The molecule has 18 heavy (non-hydrogen) atoms. The minimum Gasteiger partial charge on any atom is -0.497 e. The van der Waals surface area contributed by atoms with Crippen LogP contribution in [0.5, 0.6) is 11.5 Å². The van der Waals surface area contributed by atoms with Crippen molar-refractivity contribution in [3.8, 4) is 11.5 Å². The lowest BCUT2D eigenvalue weighted by atomic mass is 9.83. The zero-order valence-corrected chi connectivity index (χ0v) is 11.1. The molecular weight excluding hydrogens is 228 g/mol. The molecule has 1 aromatic rings. The van der Waals surface area contributed by atoms with Gasteiger partial charge in [0.25, 0.3) is 0 Å². The highest BCUT2D eigenvalue weighted by molar-refractivity contribution is 5.82. The Balaban J connectivity index is 2.14. The first kappa shape index (κ1) is 12.9. The predicted octanol–water partition coefficient (Wildman–Crippen LogP) is 3.01. The van der Waals surface area contributed by atoms with E-state index in [1.54, 1.807) is 14.2 Å². The Hall–Kier alpha value is -1.51. The summed E-state index contributed by atoms with van der Waals surface area (Å²) in [7, 11) is 3.29. The number of carbonyl (C=O) groups excluding carboxylic acids is 1. The number of Topliss-reactive ketones (excluding diaryl/α,β-unsaturated/α-hetero) is 1. The molecule has 0 heterocycles. The fraction of sp³-hybridized carbons (Fsp3) is 0.533. The van der Waals surface area contributed by atoms with Gasteiger partial charge in [-0.3, -0.25) is 4.79 Å². The molecule has 3 heteroatoms. The second kappa shape index (κ2) is 5.89. The van der Waals surface area contributed by atoms with Crippen molar-refractivity contribution in [1.82, 2.24) is 0 Å². The maximum Gasteiger partial charge on any atom is 0.136 e. The van der Waals surface area contributed by atoms with Gasteiger partial charge in [-0.15, -0.1) is 0 Å². The summed E-state index contributed by atoms with van der Waals surface area (Å²) in [6, 6.07) is 5.80. The van der Waals surface area contributed by atoms with Crippen molar-refractivity contribution in [3.05, 3.63) is 23.8 Å². The summed E-state index contributed by atoms with van der Waals surface area (Å²) < 4.78 is 10.5. The largest absolute Gasteiger partial charge is 0.497 e. The molecule has 0 N–H and O–H groups in total. The summed E-state index contributed by atoms with van der Waals surface area (Å²) in [6.45, 7) is 0. The third-order valence-corrected chi connectivity index (χ3v) is 3.64. The van der Waals surface area contributed by atoms with Crippen LogP contribution in [0.1, 0.15) is 31.2 Å². The van der Waals surface area contributed by atoms with Crippen LogP contribution >= 0.6 is 0 Å². The van der Waals surface area contributed by atoms with Crippen molar-refractivity contribution in [2.75, 3.05) is 14.2 Å². The van der Waals surface area contributed by atoms with Gasteiger partial charge in [0, 0.05) is 18.4 Å². The first-order valence-electron chi connectivity index (χ1n) is 6.48. The first-order valence-corrected chi connectivity index (χ1v) is 6.48. The quantitative estimate of drug-likeness (QED) is 0.821. The number of rotatable bonds is 4. The van der Waals surface area contributed by atoms with E-state index in [9.17, 15) is 4.79 Å². The van der Waals surface area contributed by atoms with Crippen LogP contribution in [0.25, 0.3) is 0 Å². The van der Waals surface area contributed by atoms with Crippen LogP contribution in [-0.2, 0) is 11.2 Å². The molecule has 0 aliphatic heterocycles. The number of benzene rings is 1. The summed E-state index contributed by atoms with van der Waals surface area (Å²) in [5.74, 6) is 2.17. The number of carbonyl (C=O) groups is 1. The topological polar surface area (TPSA) is 35.5 Å². The Labute approximate surface area is 108 Å². The zero-order chi connectivity index (χ0) is 13.0. The smallest absolute Gasteiger partial charge is 0.136 e. The van der Waals surface area contributed by atoms with Crippen LogP contribution in [0.3, 0.4) is 0 Å². The summed E-state index contributed by atoms with van der Waals surface area (Å²) in [6.07, 6.45) is 4.74. The molecule has 0 radical (unpaired) electrons. The molecule has 1 aliphatic rings. The minimum atomic E-state index is 0.168. The van der Waals surface area contributed by atoms with E-state index < -0.39 is 0 Å². The van der Waals surface area contributed by atoms with E-state index >= 15 is 0 Å². The van der Waals surface area contributed by atoms with E-state index in [0.29, 0.717) is 5.78 Å². The Bertz CT molecular complexity index is 426. The monoisotopic (exact) mass is 248 g/mol. The molecule has 1 unspecified atom stereocenters. The van der Waals surface area contributed by atoms with Crippen molar-refractivity contribution >= 4 is 5.78 Å². The van der Waals surface area contributed by atoms with Gasteiger partial charge in [-0.05, 0) is 30.9 Å². The van der Waals surface area contributed by atoms with Crippen molar-refractivity contribution in [3.63, 3.8) is 0 Å². The summed E-state index contributed by atoms with van der Waals surface area (Å²) >= 11 is 0. The summed E-state index contributed by atoms with van der Waals surface area (Å²) in [5.41, 5.74) is 1.10. The van der Waals surface area contributed by atoms with Gasteiger partial charge in [0.05, 0.1) is 14.2 Å². The van der Waals surface area contributed by atoms with Gasteiger partial charge >= 0.3 is 0 Å². The number of ketones is 1. The standard InChI is InChI=1S/C15H20O3/c1-17-13-8-7-12(15(10-13)18-2)9-11-5-3-4-6-14(11)16/h7-8,10-11H,3-6,9H2,1-2H3. The minimum absolute atomic E-state index is 0.168. The Morgan fingerprint density at radius 3 is 2.72 bits per heavy atom. The lowest BCUT2D eigenvalue weighted by Crippen LogP contribution is -2.21. The van der Waals surface area contributed by atoms with Crippen LogP contribution in [0.4, 0.5) is 0 Å². The van der Waals surface area contributed by atoms with Crippen LogP contribution in [0, 0.1) is 5.92 Å². The number of ether oxygens (including phenoxy) is 2. The van der Waals surface area contributed by atoms with Crippen molar-refractivity contribution < 1.29 is 14.3 Å². The number of hydrogen-bond donors (Lipinski definition) is 0. The van der Waals surface area contributed by atoms with E-state index in [0.717, 1.165) is 49.2 Å². The van der Waals surface area contributed by atoms with E-state index in [-0.39, 0.29) is 5.92 Å². The predicted molar refractivity (Wildman–Crippen MR) is 70.2 cm³/mol. The van der Waals surface area contributed by atoms with Crippen molar-refractivity contribution in [2.24, 2.45) is 5.92 Å². The molecule has 0 spiro atoms. The lowest BCUT2D eigenvalue weighted by molar-refractivity contribution is -0.124. The summed E-state index contributed by atoms with van der Waals surface area (Å²) in [4.78, 5) is 11.9. The molecule has 98 valence electrons. The van der Waals surface area contributed by atoms with Gasteiger partial charge in [0.15, 0.2) is 0 Å². The fourth-order valence-corrected chi connectivity index (χ4v) is 2.56. The zero-order valence-electron chi connectivity index (χ0n) is 11.1. The van der Waals surface area contributed by atoms with Crippen LogP contribution in [-0.4, -0.2) is 20.0 Å². The third kappa shape index (κ3) is 2.84. The average molecular weight is 248 g/mol. The molecule has 1 aromatic carbocycles. The second-order valence-corrected chi connectivity index (χ2v) is 4.79. The van der Waals surface area contributed by atoms with E-state index in [4.69, 9.17) is 9.47 Å². The highest BCUT2D eigenvalue weighted by Gasteiger charge is 2.23. The van der Waals surface area contributed by atoms with E-state index in [2.05, 4.69) is 0 Å². The second-order valence-electron chi connectivity index (χ2n) is 4.79. The Morgan fingerprint density at radius 1 is 1.22 bits per heavy atom. The molecule has 2 rings (SSSR count). The van der Waals surface area contributed by atoms with Gasteiger partial charge in [-0.2, -0.15) is 0 Å². The normalized spacial score (nSPS) is 19.7. The molecule has 1 atom stereocenters. The molecule has 1 aliphatic carbocycles. The molecule has 0 aromatic heterocycles. The molecule has 0 bridgehead atoms. The van der Waals surface area contributed by atoms with E-state index in [1.165, 1.54) is 0 Å². The fourth-order valence-electron chi connectivity index (χ4n) is 2.56. The molecule has 1 saturated carbocycles. The molecule has 1 fully saturated rings. The SMILES string of the molecule is COc1ccc(CC2CCCCC2=O)c(OC)c1. The maximum absolute atomic E-state index is 11.9. The molecule has 0 amide bonds. The summed E-state index contributed by atoms with van der Waals surface area (Å²) in [5, 5.41) is 0. The lowest BCUT2D eigenvalue weighted by Gasteiger charge is -2.21. The van der Waals surface area contributed by atoms with Crippen molar-refractivity contribution in [2.45, 2.75) is 32.1 Å². The van der Waals surface area contributed by atoms with Gasteiger partial charge in [-0.25, -0.2) is 0 Å². The third-order valence-electron chi connectivity index (χ3n) is 3.64.